The molecule has 0 aliphatic carbocycles. The smallest absolute Gasteiger partial charge is 0.163 e. The molecule has 1 aliphatic rings. The molecule has 0 bridgehead atoms. The minimum Gasteiger partial charge on any atom is -0.486 e. The predicted octanol–water partition coefficient (Wildman–Crippen LogP) is 2.85. The van der Waals surface area contributed by atoms with E-state index in [0.29, 0.717) is 19.8 Å². The number of benzene rings is 2. The van der Waals surface area contributed by atoms with Gasteiger partial charge in [-0.1, -0.05) is 30.3 Å². The number of aromatic nitrogens is 2. The van der Waals surface area contributed by atoms with Gasteiger partial charge in [0, 0.05) is 12.1 Å². The number of imidazole rings is 1. The monoisotopic (exact) mass is 310 g/mol. The molecule has 1 atom stereocenters. The summed E-state index contributed by atoms with van der Waals surface area (Å²) in [5, 5.41) is 10.5. The Kier molecular flexibility index (Phi) is 3.42. The van der Waals surface area contributed by atoms with Crippen molar-refractivity contribution >= 4 is 11.0 Å². The van der Waals surface area contributed by atoms with Crippen molar-refractivity contribution in [2.45, 2.75) is 19.6 Å². The minimum atomic E-state index is -0.583. The fourth-order valence-corrected chi connectivity index (χ4v) is 2.97. The minimum absolute atomic E-state index is 0.450. The third kappa shape index (κ3) is 2.53. The van der Waals surface area contributed by atoms with Gasteiger partial charge in [-0.05, 0) is 12.5 Å². The molecule has 3 aromatic rings. The zero-order valence-electron chi connectivity index (χ0n) is 12.9. The Morgan fingerprint density at radius 3 is 2.57 bits per heavy atom. The fraction of sp³-hybridized carbons (Fsp3) is 0.278. The quantitative estimate of drug-likeness (QED) is 0.808. The molecular weight excluding hydrogens is 292 g/mol. The van der Waals surface area contributed by atoms with E-state index in [1.807, 2.05) is 54.0 Å². The first-order valence-electron chi connectivity index (χ1n) is 7.72. The topological polar surface area (TPSA) is 56.5 Å². The van der Waals surface area contributed by atoms with Crippen molar-refractivity contribution in [1.29, 1.82) is 0 Å². The maximum Gasteiger partial charge on any atom is 0.163 e. The van der Waals surface area contributed by atoms with Gasteiger partial charge in [0.2, 0.25) is 0 Å². The zero-order chi connectivity index (χ0) is 15.8. The number of hydrogen-bond donors (Lipinski definition) is 1. The fourth-order valence-electron chi connectivity index (χ4n) is 2.97. The van der Waals surface area contributed by atoms with Gasteiger partial charge in [0.25, 0.3) is 0 Å². The second kappa shape index (κ2) is 5.59. The van der Waals surface area contributed by atoms with Crippen LogP contribution in [0.25, 0.3) is 11.0 Å². The number of nitrogens with zero attached hydrogens (tertiary/aromatic N) is 2. The Labute approximate surface area is 134 Å². The number of aliphatic hydroxyl groups excluding tert-OH is 1. The molecule has 1 unspecified atom stereocenters. The maximum atomic E-state index is 10.5. The number of ether oxygens (including phenoxy) is 2. The van der Waals surface area contributed by atoms with Crippen molar-refractivity contribution in [2.75, 3.05) is 13.2 Å². The molecule has 0 spiro atoms. The molecular formula is C18H18N2O3. The summed E-state index contributed by atoms with van der Waals surface area (Å²) < 4.78 is 13.3. The average molecular weight is 310 g/mol. The van der Waals surface area contributed by atoms with Gasteiger partial charge in [0.15, 0.2) is 11.5 Å². The van der Waals surface area contributed by atoms with Gasteiger partial charge in [-0.3, -0.25) is 0 Å². The van der Waals surface area contributed by atoms with Gasteiger partial charge in [-0.25, -0.2) is 4.98 Å². The van der Waals surface area contributed by atoms with E-state index in [0.717, 1.165) is 33.9 Å². The van der Waals surface area contributed by atoms with Crippen molar-refractivity contribution in [2.24, 2.45) is 0 Å². The second-order valence-corrected chi connectivity index (χ2v) is 5.68. The van der Waals surface area contributed by atoms with Crippen LogP contribution >= 0.6 is 0 Å². The third-order valence-corrected chi connectivity index (χ3v) is 4.14. The summed E-state index contributed by atoms with van der Waals surface area (Å²) in [6.07, 6.45) is -0.583. The Morgan fingerprint density at radius 2 is 1.83 bits per heavy atom. The van der Waals surface area contributed by atoms with Crippen molar-refractivity contribution in [3.8, 4) is 11.5 Å². The predicted molar refractivity (Wildman–Crippen MR) is 86.9 cm³/mol. The van der Waals surface area contributed by atoms with Crippen LogP contribution in [0.4, 0.5) is 0 Å². The summed E-state index contributed by atoms with van der Waals surface area (Å²) in [6, 6.07) is 13.5. The van der Waals surface area contributed by atoms with Gasteiger partial charge in [-0.2, -0.15) is 0 Å². The highest BCUT2D eigenvalue weighted by Crippen LogP contribution is 2.35. The number of rotatable bonds is 3. The molecule has 118 valence electrons. The lowest BCUT2D eigenvalue weighted by molar-refractivity contribution is 0.157. The molecule has 1 aromatic heterocycles. The van der Waals surface area contributed by atoms with Crippen LogP contribution in [0.2, 0.25) is 0 Å². The van der Waals surface area contributed by atoms with E-state index in [1.54, 1.807) is 0 Å². The Balaban J connectivity index is 1.73. The zero-order valence-corrected chi connectivity index (χ0v) is 12.9. The van der Waals surface area contributed by atoms with E-state index in [-0.39, 0.29) is 0 Å². The first-order valence-corrected chi connectivity index (χ1v) is 7.72. The van der Waals surface area contributed by atoms with Crippen LogP contribution in [0.15, 0.2) is 42.5 Å². The van der Waals surface area contributed by atoms with E-state index >= 15 is 0 Å². The van der Waals surface area contributed by atoms with E-state index in [4.69, 9.17) is 9.47 Å². The summed E-state index contributed by atoms with van der Waals surface area (Å²) in [7, 11) is 0. The molecule has 4 rings (SSSR count). The van der Waals surface area contributed by atoms with Crippen LogP contribution in [0.5, 0.6) is 11.5 Å². The van der Waals surface area contributed by atoms with Crippen LogP contribution in [0.1, 0.15) is 17.5 Å². The van der Waals surface area contributed by atoms with Crippen LogP contribution in [-0.4, -0.2) is 27.9 Å². The van der Waals surface area contributed by atoms with Crippen LogP contribution < -0.4 is 9.47 Å². The molecule has 2 aromatic carbocycles. The van der Waals surface area contributed by atoms with Gasteiger partial charge in [0.05, 0.1) is 23.7 Å². The van der Waals surface area contributed by atoms with Crippen molar-refractivity contribution < 1.29 is 14.6 Å². The standard InChI is InChI=1S/C18H18N2O3/c1-12-19-14-9-17-18(23-8-7-22-17)10-15(14)20(12)11-16(21)13-5-3-2-4-6-13/h2-6,9-10,16,21H,7-8,11H2,1H3. The van der Waals surface area contributed by atoms with Crippen molar-refractivity contribution in [3.05, 3.63) is 53.9 Å². The Bertz CT molecular complexity index is 842. The summed E-state index contributed by atoms with van der Waals surface area (Å²) in [6.45, 7) is 3.51. The number of aryl methyl sites for hydroxylation is 1. The highest BCUT2D eigenvalue weighted by molar-refractivity contribution is 5.80. The van der Waals surface area contributed by atoms with E-state index < -0.39 is 6.10 Å². The van der Waals surface area contributed by atoms with Gasteiger partial charge >= 0.3 is 0 Å². The van der Waals surface area contributed by atoms with Gasteiger partial charge < -0.3 is 19.1 Å². The summed E-state index contributed by atoms with van der Waals surface area (Å²) in [5.74, 6) is 2.33. The van der Waals surface area contributed by atoms with Crippen molar-refractivity contribution in [3.63, 3.8) is 0 Å². The normalized spacial score (nSPS) is 14.9. The lowest BCUT2D eigenvalue weighted by atomic mass is 10.1. The highest BCUT2D eigenvalue weighted by atomic mass is 16.6. The van der Waals surface area contributed by atoms with Gasteiger partial charge in [0.1, 0.15) is 19.0 Å². The third-order valence-electron chi connectivity index (χ3n) is 4.14. The van der Waals surface area contributed by atoms with Crippen molar-refractivity contribution in [1.82, 2.24) is 9.55 Å². The first-order chi connectivity index (χ1) is 11.2. The molecule has 0 radical (unpaired) electrons. The van der Waals surface area contributed by atoms with E-state index in [2.05, 4.69) is 4.98 Å². The lowest BCUT2D eigenvalue weighted by Gasteiger charge is -2.19. The molecule has 5 nitrogen and oxygen atoms in total. The molecule has 0 fully saturated rings. The number of aliphatic hydroxyl groups is 1. The molecule has 1 N–H and O–H groups in total. The van der Waals surface area contributed by atoms with E-state index in [1.165, 1.54) is 0 Å². The molecule has 0 saturated heterocycles. The van der Waals surface area contributed by atoms with Crippen LogP contribution in [0.3, 0.4) is 0 Å². The largest absolute Gasteiger partial charge is 0.486 e. The summed E-state index contributed by atoms with van der Waals surface area (Å²) in [4.78, 5) is 4.58. The Hall–Kier alpha value is -2.53. The molecule has 23 heavy (non-hydrogen) atoms. The summed E-state index contributed by atoms with van der Waals surface area (Å²) in [5.41, 5.74) is 2.69. The highest BCUT2D eigenvalue weighted by Gasteiger charge is 2.18. The van der Waals surface area contributed by atoms with Crippen LogP contribution in [0, 0.1) is 6.92 Å². The Morgan fingerprint density at radius 1 is 1.13 bits per heavy atom. The molecule has 0 saturated carbocycles. The molecule has 1 aliphatic heterocycles. The van der Waals surface area contributed by atoms with Crippen LogP contribution in [-0.2, 0) is 6.54 Å². The first kappa shape index (κ1) is 14.1. The molecule has 2 heterocycles. The SMILES string of the molecule is Cc1nc2cc3c(cc2n1CC(O)c1ccccc1)OCCO3. The van der Waals surface area contributed by atoms with E-state index in [9.17, 15) is 5.11 Å². The van der Waals surface area contributed by atoms with Gasteiger partial charge in [-0.15, -0.1) is 0 Å². The number of fused-ring (bicyclic) bond motifs is 2. The average Bonchev–Trinajstić information content (AvgIpc) is 2.88. The second-order valence-electron chi connectivity index (χ2n) is 5.68. The molecule has 5 heteroatoms. The summed E-state index contributed by atoms with van der Waals surface area (Å²) >= 11 is 0. The number of hydrogen-bond acceptors (Lipinski definition) is 4. The lowest BCUT2D eigenvalue weighted by Crippen LogP contribution is -2.15. The molecule has 0 amide bonds. The maximum absolute atomic E-state index is 10.5.